The van der Waals surface area contributed by atoms with E-state index in [4.69, 9.17) is 4.74 Å². The van der Waals surface area contributed by atoms with Crippen molar-refractivity contribution >= 4 is 17.4 Å². The van der Waals surface area contributed by atoms with Crippen molar-refractivity contribution in [3.63, 3.8) is 0 Å². The number of hydrogen-bond donors (Lipinski definition) is 1. The summed E-state index contributed by atoms with van der Waals surface area (Å²) in [6, 6.07) is 6.77. The molecule has 1 aliphatic rings. The number of ether oxygens (including phenoxy) is 1. The first-order valence-corrected chi connectivity index (χ1v) is 7.12. The Morgan fingerprint density at radius 3 is 2.33 bits per heavy atom. The first-order valence-electron chi connectivity index (χ1n) is 7.12. The molecule has 1 heterocycles. The summed E-state index contributed by atoms with van der Waals surface area (Å²) in [5.41, 5.74) is 0.590. The molecule has 0 saturated heterocycles. The number of carbonyl (C=O) groups is 2. The van der Waals surface area contributed by atoms with Crippen LogP contribution in [0, 0.1) is 0 Å². The molecule has 1 aromatic rings. The molecule has 1 aliphatic heterocycles. The van der Waals surface area contributed by atoms with Crippen LogP contribution in [0.25, 0.3) is 5.57 Å². The van der Waals surface area contributed by atoms with Crippen molar-refractivity contribution < 1.29 is 19.4 Å². The minimum atomic E-state index is -0.614. The van der Waals surface area contributed by atoms with Gasteiger partial charge in [-0.3, -0.25) is 14.5 Å². The van der Waals surface area contributed by atoms with E-state index in [0.717, 1.165) is 17.7 Å². The summed E-state index contributed by atoms with van der Waals surface area (Å²) in [5.74, 6) is -0.839. The van der Waals surface area contributed by atoms with Gasteiger partial charge in [0.05, 0.1) is 12.2 Å². The standard InChI is InChI=1S/C16H19NO4/c1-3-5-10-17-15(19)13(14(18)16(17)20)11-6-8-12(9-7-11)21-4-2/h6-9,18H,3-5,10H2,1-2H3. The Labute approximate surface area is 123 Å². The Morgan fingerprint density at radius 2 is 1.76 bits per heavy atom. The molecule has 0 atom stereocenters. The molecular weight excluding hydrogens is 270 g/mol. The molecular formula is C16H19NO4. The zero-order chi connectivity index (χ0) is 15.4. The van der Waals surface area contributed by atoms with E-state index >= 15 is 0 Å². The van der Waals surface area contributed by atoms with Gasteiger partial charge in [-0.2, -0.15) is 0 Å². The Balaban J connectivity index is 2.26. The van der Waals surface area contributed by atoms with Crippen molar-refractivity contribution in [1.29, 1.82) is 0 Å². The maximum atomic E-state index is 12.3. The van der Waals surface area contributed by atoms with Crippen LogP contribution in [0.2, 0.25) is 0 Å². The van der Waals surface area contributed by atoms with Crippen LogP contribution in [-0.2, 0) is 9.59 Å². The number of hydrogen-bond acceptors (Lipinski definition) is 4. The van der Waals surface area contributed by atoms with Crippen LogP contribution in [-0.4, -0.2) is 35.0 Å². The van der Waals surface area contributed by atoms with Gasteiger partial charge in [0.25, 0.3) is 11.8 Å². The molecule has 0 aromatic heterocycles. The quantitative estimate of drug-likeness (QED) is 0.817. The largest absolute Gasteiger partial charge is 0.502 e. The predicted octanol–water partition coefficient (Wildman–Crippen LogP) is 2.52. The third-order valence-electron chi connectivity index (χ3n) is 3.33. The van der Waals surface area contributed by atoms with E-state index in [2.05, 4.69) is 0 Å². The SMILES string of the molecule is CCCCN1C(=O)C(O)=C(c2ccc(OCC)cc2)C1=O. The fourth-order valence-electron chi connectivity index (χ4n) is 2.23. The van der Waals surface area contributed by atoms with E-state index in [9.17, 15) is 14.7 Å². The number of carbonyl (C=O) groups excluding carboxylic acids is 2. The Hall–Kier alpha value is -2.30. The highest BCUT2D eigenvalue weighted by Gasteiger charge is 2.38. The topological polar surface area (TPSA) is 66.8 Å². The van der Waals surface area contributed by atoms with Crippen LogP contribution in [0.4, 0.5) is 0 Å². The molecule has 0 spiro atoms. The van der Waals surface area contributed by atoms with Crippen molar-refractivity contribution in [2.45, 2.75) is 26.7 Å². The average Bonchev–Trinajstić information content (AvgIpc) is 2.69. The summed E-state index contributed by atoms with van der Waals surface area (Å²) in [5, 5.41) is 9.96. The smallest absolute Gasteiger partial charge is 0.296 e. The molecule has 2 amide bonds. The first kappa shape index (κ1) is 15.1. The fourth-order valence-corrected chi connectivity index (χ4v) is 2.23. The van der Waals surface area contributed by atoms with Gasteiger partial charge in [0.15, 0.2) is 5.76 Å². The molecule has 0 unspecified atom stereocenters. The maximum absolute atomic E-state index is 12.3. The van der Waals surface area contributed by atoms with Gasteiger partial charge in [-0.1, -0.05) is 25.5 Å². The van der Waals surface area contributed by atoms with Gasteiger partial charge in [0, 0.05) is 6.54 Å². The van der Waals surface area contributed by atoms with Crippen molar-refractivity contribution in [2.75, 3.05) is 13.2 Å². The fraction of sp³-hybridized carbons (Fsp3) is 0.375. The molecule has 5 heteroatoms. The third kappa shape index (κ3) is 2.91. The molecule has 0 bridgehead atoms. The van der Waals surface area contributed by atoms with E-state index < -0.39 is 17.6 Å². The van der Waals surface area contributed by atoms with Gasteiger partial charge in [-0.05, 0) is 31.0 Å². The lowest BCUT2D eigenvalue weighted by atomic mass is 10.1. The van der Waals surface area contributed by atoms with Crippen LogP contribution in [0.5, 0.6) is 5.75 Å². The highest BCUT2D eigenvalue weighted by atomic mass is 16.5. The minimum Gasteiger partial charge on any atom is -0.502 e. The van der Waals surface area contributed by atoms with Crippen LogP contribution in [0.3, 0.4) is 0 Å². The van der Waals surface area contributed by atoms with E-state index in [1.807, 2.05) is 13.8 Å². The average molecular weight is 289 g/mol. The monoisotopic (exact) mass is 289 g/mol. The molecule has 0 aliphatic carbocycles. The van der Waals surface area contributed by atoms with Gasteiger partial charge < -0.3 is 9.84 Å². The van der Waals surface area contributed by atoms with Gasteiger partial charge in [0.2, 0.25) is 0 Å². The van der Waals surface area contributed by atoms with Crippen LogP contribution in [0.1, 0.15) is 32.3 Å². The number of nitrogens with zero attached hydrogens (tertiary/aromatic N) is 1. The Morgan fingerprint density at radius 1 is 1.10 bits per heavy atom. The number of amides is 2. The second-order valence-electron chi connectivity index (χ2n) is 4.80. The zero-order valence-electron chi connectivity index (χ0n) is 12.3. The zero-order valence-corrected chi connectivity index (χ0v) is 12.3. The second kappa shape index (κ2) is 6.43. The molecule has 2 rings (SSSR count). The van der Waals surface area contributed by atoms with Crippen molar-refractivity contribution in [3.05, 3.63) is 35.6 Å². The molecule has 5 nitrogen and oxygen atoms in total. The molecule has 1 aromatic carbocycles. The molecule has 0 radical (unpaired) electrons. The van der Waals surface area contributed by atoms with Crippen LogP contribution >= 0.6 is 0 Å². The van der Waals surface area contributed by atoms with E-state index in [1.165, 1.54) is 0 Å². The van der Waals surface area contributed by atoms with E-state index in [1.54, 1.807) is 24.3 Å². The van der Waals surface area contributed by atoms with Crippen LogP contribution in [0.15, 0.2) is 30.0 Å². The number of aliphatic hydroxyl groups is 1. The second-order valence-corrected chi connectivity index (χ2v) is 4.80. The van der Waals surface area contributed by atoms with Crippen LogP contribution < -0.4 is 4.74 Å². The van der Waals surface area contributed by atoms with E-state index in [-0.39, 0.29) is 5.57 Å². The van der Waals surface area contributed by atoms with Gasteiger partial charge in [-0.25, -0.2) is 0 Å². The number of imide groups is 1. The summed E-state index contributed by atoms with van der Waals surface area (Å²) in [6.07, 6.45) is 1.59. The molecule has 21 heavy (non-hydrogen) atoms. The lowest BCUT2D eigenvalue weighted by Crippen LogP contribution is -2.32. The number of benzene rings is 1. The maximum Gasteiger partial charge on any atom is 0.296 e. The van der Waals surface area contributed by atoms with Crippen molar-refractivity contribution in [2.24, 2.45) is 0 Å². The van der Waals surface area contributed by atoms with Gasteiger partial charge in [0.1, 0.15) is 5.75 Å². The summed E-state index contributed by atoms with van der Waals surface area (Å²) >= 11 is 0. The lowest BCUT2D eigenvalue weighted by molar-refractivity contribution is -0.138. The Bertz CT molecular complexity index is 574. The molecule has 0 saturated carbocycles. The lowest BCUT2D eigenvalue weighted by Gasteiger charge is -2.13. The number of rotatable bonds is 6. The molecule has 0 fully saturated rings. The molecule has 1 N–H and O–H groups in total. The summed E-state index contributed by atoms with van der Waals surface area (Å²) in [7, 11) is 0. The van der Waals surface area contributed by atoms with Crippen molar-refractivity contribution in [3.8, 4) is 5.75 Å². The third-order valence-corrected chi connectivity index (χ3v) is 3.33. The first-order chi connectivity index (χ1) is 10.1. The van der Waals surface area contributed by atoms with Gasteiger partial charge >= 0.3 is 0 Å². The highest BCUT2D eigenvalue weighted by molar-refractivity contribution is 6.34. The van der Waals surface area contributed by atoms with E-state index in [0.29, 0.717) is 24.5 Å². The van der Waals surface area contributed by atoms with Crippen molar-refractivity contribution in [1.82, 2.24) is 4.90 Å². The Kier molecular flexibility index (Phi) is 4.62. The normalized spacial score (nSPS) is 15.0. The summed E-state index contributed by atoms with van der Waals surface area (Å²) in [6.45, 7) is 4.74. The minimum absolute atomic E-state index is 0.0687. The molecule has 112 valence electrons. The predicted molar refractivity (Wildman–Crippen MR) is 78.8 cm³/mol. The summed E-state index contributed by atoms with van der Waals surface area (Å²) in [4.78, 5) is 25.3. The van der Waals surface area contributed by atoms with Gasteiger partial charge in [-0.15, -0.1) is 0 Å². The number of aliphatic hydroxyl groups excluding tert-OH is 1. The number of unbranched alkanes of at least 4 members (excludes halogenated alkanes) is 1. The summed E-state index contributed by atoms with van der Waals surface area (Å²) < 4.78 is 5.33. The highest BCUT2D eigenvalue weighted by Crippen LogP contribution is 2.29.